The van der Waals surface area contributed by atoms with Gasteiger partial charge in [-0.05, 0) is 58.7 Å². The minimum atomic E-state index is 0.813. The molecular formula is C13H26N2. The number of hydrogen-bond acceptors (Lipinski definition) is 2. The van der Waals surface area contributed by atoms with Crippen LogP contribution in [0.15, 0.2) is 0 Å². The van der Waals surface area contributed by atoms with Crippen LogP contribution in [0.2, 0.25) is 0 Å². The molecule has 0 saturated carbocycles. The molecule has 0 aliphatic carbocycles. The Labute approximate surface area is 94.4 Å². The molecule has 0 spiro atoms. The molecule has 2 unspecified atom stereocenters. The summed E-state index contributed by atoms with van der Waals surface area (Å²) in [4.78, 5) is 2.69. The molecule has 88 valence electrons. The third kappa shape index (κ3) is 3.46. The van der Waals surface area contributed by atoms with Gasteiger partial charge in [-0.25, -0.2) is 0 Å². The first-order chi connectivity index (χ1) is 7.36. The molecule has 2 heteroatoms. The third-order valence-electron chi connectivity index (χ3n) is 4.12. The van der Waals surface area contributed by atoms with E-state index in [4.69, 9.17) is 0 Å². The predicted molar refractivity (Wildman–Crippen MR) is 65.1 cm³/mol. The van der Waals surface area contributed by atoms with E-state index in [1.807, 2.05) is 0 Å². The lowest BCUT2D eigenvalue weighted by Gasteiger charge is -2.35. The topological polar surface area (TPSA) is 15.3 Å². The lowest BCUT2D eigenvalue weighted by atomic mass is 9.99. The second-order valence-electron chi connectivity index (χ2n) is 5.32. The van der Waals surface area contributed by atoms with E-state index < -0.39 is 0 Å². The molecule has 2 rings (SSSR count). The highest BCUT2D eigenvalue weighted by molar-refractivity contribution is 4.77. The van der Waals surface area contributed by atoms with Crippen LogP contribution in [0.5, 0.6) is 0 Å². The Hall–Kier alpha value is -0.0800. The summed E-state index contributed by atoms with van der Waals surface area (Å²) in [5.74, 6) is 0. The van der Waals surface area contributed by atoms with Gasteiger partial charge >= 0.3 is 0 Å². The second-order valence-corrected chi connectivity index (χ2v) is 5.32. The van der Waals surface area contributed by atoms with Crippen LogP contribution in [-0.4, -0.2) is 36.6 Å². The van der Waals surface area contributed by atoms with Gasteiger partial charge in [-0.15, -0.1) is 0 Å². The van der Waals surface area contributed by atoms with Crippen molar-refractivity contribution in [2.75, 3.05) is 19.6 Å². The van der Waals surface area contributed by atoms with Crippen molar-refractivity contribution in [2.45, 2.75) is 64.0 Å². The van der Waals surface area contributed by atoms with Crippen LogP contribution in [0.1, 0.15) is 51.9 Å². The van der Waals surface area contributed by atoms with E-state index in [2.05, 4.69) is 17.1 Å². The molecule has 15 heavy (non-hydrogen) atoms. The van der Waals surface area contributed by atoms with Crippen molar-refractivity contribution in [3.8, 4) is 0 Å². The van der Waals surface area contributed by atoms with Gasteiger partial charge in [-0.3, -0.25) is 0 Å². The van der Waals surface area contributed by atoms with Crippen LogP contribution in [0.25, 0.3) is 0 Å². The van der Waals surface area contributed by atoms with Gasteiger partial charge in [0.25, 0.3) is 0 Å². The van der Waals surface area contributed by atoms with Gasteiger partial charge in [-0.2, -0.15) is 0 Å². The molecule has 0 aromatic carbocycles. The lowest BCUT2D eigenvalue weighted by molar-refractivity contribution is 0.150. The highest BCUT2D eigenvalue weighted by Gasteiger charge is 2.19. The van der Waals surface area contributed by atoms with E-state index in [0.29, 0.717) is 0 Å². The maximum absolute atomic E-state index is 3.65. The van der Waals surface area contributed by atoms with Crippen molar-refractivity contribution >= 4 is 0 Å². The zero-order chi connectivity index (χ0) is 10.5. The van der Waals surface area contributed by atoms with Crippen LogP contribution >= 0.6 is 0 Å². The Bertz CT molecular complexity index is 175. The van der Waals surface area contributed by atoms with Gasteiger partial charge in [0.15, 0.2) is 0 Å². The zero-order valence-corrected chi connectivity index (χ0v) is 10.2. The fraction of sp³-hybridized carbons (Fsp3) is 1.00. The Balaban J connectivity index is 1.67. The second kappa shape index (κ2) is 5.86. The van der Waals surface area contributed by atoms with Crippen molar-refractivity contribution in [1.82, 2.24) is 10.2 Å². The summed E-state index contributed by atoms with van der Waals surface area (Å²) in [6.07, 6.45) is 9.87. The van der Waals surface area contributed by atoms with Crippen LogP contribution in [-0.2, 0) is 0 Å². The minimum Gasteiger partial charge on any atom is -0.314 e. The molecule has 0 bridgehead atoms. The zero-order valence-electron chi connectivity index (χ0n) is 10.2. The minimum absolute atomic E-state index is 0.813. The molecule has 2 aliphatic rings. The molecule has 2 saturated heterocycles. The molecule has 2 heterocycles. The van der Waals surface area contributed by atoms with Crippen LogP contribution in [0.3, 0.4) is 0 Å². The molecule has 2 nitrogen and oxygen atoms in total. The van der Waals surface area contributed by atoms with Crippen molar-refractivity contribution in [2.24, 2.45) is 0 Å². The standard InChI is InChI=1S/C13H26N2/c1-12-6-3-5-10-15(12)11-8-13-7-2-4-9-14-13/h12-14H,2-11H2,1H3. The maximum Gasteiger partial charge on any atom is 0.00792 e. The van der Waals surface area contributed by atoms with Gasteiger partial charge in [0.2, 0.25) is 0 Å². The first-order valence-corrected chi connectivity index (χ1v) is 6.83. The quantitative estimate of drug-likeness (QED) is 0.769. The van der Waals surface area contributed by atoms with Gasteiger partial charge in [0, 0.05) is 12.1 Å². The molecule has 2 aliphatic heterocycles. The van der Waals surface area contributed by atoms with Gasteiger partial charge in [0.05, 0.1) is 0 Å². The lowest BCUT2D eigenvalue weighted by Crippen LogP contribution is -2.42. The van der Waals surface area contributed by atoms with E-state index in [9.17, 15) is 0 Å². The average molecular weight is 210 g/mol. The summed E-state index contributed by atoms with van der Waals surface area (Å²) in [6.45, 7) is 6.31. The van der Waals surface area contributed by atoms with Gasteiger partial charge in [-0.1, -0.05) is 12.8 Å². The molecule has 1 N–H and O–H groups in total. The molecular weight excluding hydrogens is 184 g/mol. The number of nitrogens with zero attached hydrogens (tertiary/aromatic N) is 1. The van der Waals surface area contributed by atoms with Crippen LogP contribution in [0, 0.1) is 0 Å². The van der Waals surface area contributed by atoms with E-state index in [1.165, 1.54) is 64.6 Å². The number of piperidine rings is 2. The largest absolute Gasteiger partial charge is 0.314 e. The summed E-state index contributed by atoms with van der Waals surface area (Å²) in [7, 11) is 0. The highest BCUT2D eigenvalue weighted by atomic mass is 15.2. The molecule has 2 fully saturated rings. The Morgan fingerprint density at radius 2 is 2.00 bits per heavy atom. The monoisotopic (exact) mass is 210 g/mol. The fourth-order valence-corrected chi connectivity index (χ4v) is 2.98. The maximum atomic E-state index is 3.65. The number of likely N-dealkylation sites (tertiary alicyclic amines) is 1. The van der Waals surface area contributed by atoms with Crippen LogP contribution in [0.4, 0.5) is 0 Å². The molecule has 0 amide bonds. The molecule has 0 aromatic rings. The van der Waals surface area contributed by atoms with Crippen molar-refractivity contribution in [3.05, 3.63) is 0 Å². The Morgan fingerprint density at radius 3 is 2.73 bits per heavy atom. The average Bonchev–Trinajstić information content (AvgIpc) is 2.29. The molecule has 2 atom stereocenters. The summed E-state index contributed by atoms with van der Waals surface area (Å²) in [5, 5.41) is 3.65. The van der Waals surface area contributed by atoms with Crippen LogP contribution < -0.4 is 5.32 Å². The van der Waals surface area contributed by atoms with E-state index >= 15 is 0 Å². The fourth-order valence-electron chi connectivity index (χ4n) is 2.98. The molecule has 0 aromatic heterocycles. The Kier molecular flexibility index (Phi) is 4.45. The van der Waals surface area contributed by atoms with Gasteiger partial charge < -0.3 is 10.2 Å². The first kappa shape index (κ1) is 11.4. The highest BCUT2D eigenvalue weighted by Crippen LogP contribution is 2.18. The van der Waals surface area contributed by atoms with E-state index in [0.717, 1.165) is 12.1 Å². The van der Waals surface area contributed by atoms with Crippen molar-refractivity contribution < 1.29 is 0 Å². The number of nitrogens with one attached hydrogen (secondary N) is 1. The Morgan fingerprint density at radius 1 is 1.13 bits per heavy atom. The van der Waals surface area contributed by atoms with Crippen molar-refractivity contribution in [3.63, 3.8) is 0 Å². The smallest absolute Gasteiger partial charge is 0.00792 e. The van der Waals surface area contributed by atoms with Crippen molar-refractivity contribution in [1.29, 1.82) is 0 Å². The SMILES string of the molecule is CC1CCCCN1CCC1CCCCN1. The summed E-state index contributed by atoms with van der Waals surface area (Å²) in [6, 6.07) is 1.65. The summed E-state index contributed by atoms with van der Waals surface area (Å²) >= 11 is 0. The van der Waals surface area contributed by atoms with E-state index in [-0.39, 0.29) is 0 Å². The normalized spacial score (nSPS) is 34.2. The summed E-state index contributed by atoms with van der Waals surface area (Å²) < 4.78 is 0. The number of hydrogen-bond donors (Lipinski definition) is 1. The van der Waals surface area contributed by atoms with E-state index in [1.54, 1.807) is 0 Å². The number of rotatable bonds is 3. The van der Waals surface area contributed by atoms with Gasteiger partial charge in [0.1, 0.15) is 0 Å². The first-order valence-electron chi connectivity index (χ1n) is 6.83. The molecule has 0 radical (unpaired) electrons. The third-order valence-corrected chi connectivity index (χ3v) is 4.12. The predicted octanol–water partition coefficient (Wildman–Crippen LogP) is 2.39. The summed E-state index contributed by atoms with van der Waals surface area (Å²) in [5.41, 5.74) is 0.